The molecular formula is C23H24N2O. The highest BCUT2D eigenvalue weighted by molar-refractivity contribution is 6.09. The van der Waals surface area contributed by atoms with Gasteiger partial charge in [-0.25, -0.2) is 0 Å². The highest BCUT2D eigenvalue weighted by Crippen LogP contribution is 2.32. The summed E-state index contributed by atoms with van der Waals surface area (Å²) in [7, 11) is 1.72. The number of nitrogens with zero attached hydrogens (tertiary/aromatic N) is 2. The van der Waals surface area contributed by atoms with Gasteiger partial charge in [-0.1, -0.05) is 30.3 Å². The standard InChI is InChI=1S/C23H24N2O/c1-17-23-21(13-14-24-17)20-12-11-19(26-2)16-22(20)25(23)15-7-6-10-18-8-4-3-5-9-18/h3-5,8-9,11-14,16H,6-7,10,15H2,1-2H3. The molecule has 0 bridgehead atoms. The van der Waals surface area contributed by atoms with Crippen LogP contribution in [0.4, 0.5) is 0 Å². The van der Waals surface area contributed by atoms with Crippen molar-refractivity contribution in [2.45, 2.75) is 32.7 Å². The molecule has 3 nitrogen and oxygen atoms in total. The maximum atomic E-state index is 5.46. The predicted molar refractivity (Wildman–Crippen MR) is 108 cm³/mol. The van der Waals surface area contributed by atoms with E-state index in [1.807, 2.05) is 12.3 Å². The van der Waals surface area contributed by atoms with Gasteiger partial charge in [0.15, 0.2) is 0 Å². The molecule has 2 aromatic carbocycles. The van der Waals surface area contributed by atoms with Crippen LogP contribution in [0.5, 0.6) is 5.75 Å². The van der Waals surface area contributed by atoms with Crippen LogP contribution in [0, 0.1) is 6.92 Å². The molecule has 4 aromatic rings. The number of aryl methyl sites for hydroxylation is 3. The fraction of sp³-hybridized carbons (Fsp3) is 0.261. The van der Waals surface area contributed by atoms with Gasteiger partial charge in [-0.15, -0.1) is 0 Å². The zero-order chi connectivity index (χ0) is 17.9. The lowest BCUT2D eigenvalue weighted by molar-refractivity contribution is 0.415. The molecule has 0 radical (unpaired) electrons. The molecule has 0 aliphatic carbocycles. The minimum atomic E-state index is 0.899. The number of hydrogen-bond donors (Lipinski definition) is 0. The summed E-state index contributed by atoms with van der Waals surface area (Å²) in [5.74, 6) is 0.899. The first-order valence-electron chi connectivity index (χ1n) is 9.23. The number of hydrogen-bond acceptors (Lipinski definition) is 2. The number of unbranched alkanes of at least 4 members (excludes halogenated alkanes) is 1. The topological polar surface area (TPSA) is 27.1 Å². The van der Waals surface area contributed by atoms with Crippen LogP contribution in [0.15, 0.2) is 60.8 Å². The first kappa shape index (κ1) is 16.6. The van der Waals surface area contributed by atoms with Gasteiger partial charge in [-0.2, -0.15) is 0 Å². The lowest BCUT2D eigenvalue weighted by atomic mass is 10.1. The van der Waals surface area contributed by atoms with E-state index in [4.69, 9.17) is 4.74 Å². The SMILES string of the molecule is COc1ccc2c3ccnc(C)c3n(CCCCc3ccccc3)c2c1. The van der Waals surface area contributed by atoms with Crippen LogP contribution < -0.4 is 4.74 Å². The Kier molecular flexibility index (Phi) is 4.61. The molecular weight excluding hydrogens is 320 g/mol. The first-order chi connectivity index (χ1) is 12.8. The second-order valence-corrected chi connectivity index (χ2v) is 6.77. The van der Waals surface area contributed by atoms with Gasteiger partial charge < -0.3 is 9.30 Å². The maximum absolute atomic E-state index is 5.46. The quantitative estimate of drug-likeness (QED) is 0.430. The van der Waals surface area contributed by atoms with Crippen molar-refractivity contribution in [3.63, 3.8) is 0 Å². The second kappa shape index (κ2) is 7.20. The van der Waals surface area contributed by atoms with Gasteiger partial charge in [0.25, 0.3) is 0 Å². The number of pyridine rings is 1. The van der Waals surface area contributed by atoms with Crippen molar-refractivity contribution in [3.8, 4) is 5.75 Å². The summed E-state index contributed by atoms with van der Waals surface area (Å²) >= 11 is 0. The predicted octanol–water partition coefficient (Wildman–Crippen LogP) is 5.53. The van der Waals surface area contributed by atoms with Crippen molar-refractivity contribution in [2.24, 2.45) is 0 Å². The molecule has 132 valence electrons. The fourth-order valence-corrected chi connectivity index (χ4v) is 3.80. The fourth-order valence-electron chi connectivity index (χ4n) is 3.80. The van der Waals surface area contributed by atoms with E-state index in [0.717, 1.165) is 30.8 Å². The van der Waals surface area contributed by atoms with Crippen LogP contribution in [0.3, 0.4) is 0 Å². The van der Waals surface area contributed by atoms with Crippen molar-refractivity contribution < 1.29 is 4.74 Å². The van der Waals surface area contributed by atoms with Crippen molar-refractivity contribution in [3.05, 3.63) is 72.1 Å². The molecule has 0 N–H and O–H groups in total. The van der Waals surface area contributed by atoms with E-state index in [1.165, 1.54) is 33.8 Å². The Morgan fingerprint density at radius 1 is 0.962 bits per heavy atom. The molecule has 0 saturated carbocycles. The Bertz CT molecular complexity index is 1030. The van der Waals surface area contributed by atoms with Gasteiger partial charge in [0.05, 0.1) is 23.8 Å². The van der Waals surface area contributed by atoms with Crippen LogP contribution >= 0.6 is 0 Å². The highest BCUT2D eigenvalue weighted by Gasteiger charge is 2.13. The van der Waals surface area contributed by atoms with Gasteiger partial charge >= 0.3 is 0 Å². The van der Waals surface area contributed by atoms with Gasteiger partial charge in [-0.05, 0) is 49.9 Å². The third-order valence-corrected chi connectivity index (χ3v) is 5.10. The Morgan fingerprint density at radius 3 is 2.62 bits per heavy atom. The normalized spacial score (nSPS) is 11.3. The van der Waals surface area contributed by atoms with Gasteiger partial charge in [0.1, 0.15) is 5.75 Å². The minimum absolute atomic E-state index is 0.899. The molecule has 0 fully saturated rings. The number of benzene rings is 2. The van der Waals surface area contributed by atoms with E-state index in [2.05, 4.69) is 65.0 Å². The number of ether oxygens (including phenoxy) is 1. The molecule has 4 rings (SSSR count). The van der Waals surface area contributed by atoms with E-state index in [0.29, 0.717) is 0 Å². The Balaban J connectivity index is 1.65. The second-order valence-electron chi connectivity index (χ2n) is 6.77. The van der Waals surface area contributed by atoms with Gasteiger partial charge in [0.2, 0.25) is 0 Å². The lowest BCUT2D eigenvalue weighted by Crippen LogP contribution is -2.00. The van der Waals surface area contributed by atoms with E-state index in [-0.39, 0.29) is 0 Å². The van der Waals surface area contributed by atoms with Gasteiger partial charge in [-0.3, -0.25) is 4.98 Å². The van der Waals surface area contributed by atoms with E-state index < -0.39 is 0 Å². The summed E-state index contributed by atoms with van der Waals surface area (Å²) in [5.41, 5.74) is 4.97. The van der Waals surface area contributed by atoms with Crippen molar-refractivity contribution in [2.75, 3.05) is 7.11 Å². The zero-order valence-electron chi connectivity index (χ0n) is 15.4. The summed E-state index contributed by atoms with van der Waals surface area (Å²) in [5, 5.41) is 2.55. The van der Waals surface area contributed by atoms with E-state index in [9.17, 15) is 0 Å². The first-order valence-corrected chi connectivity index (χ1v) is 9.23. The Morgan fingerprint density at radius 2 is 1.81 bits per heavy atom. The average molecular weight is 344 g/mol. The number of rotatable bonds is 6. The molecule has 0 amide bonds. The van der Waals surface area contributed by atoms with Crippen LogP contribution in [0.2, 0.25) is 0 Å². The van der Waals surface area contributed by atoms with Crippen LogP contribution in [0.1, 0.15) is 24.1 Å². The van der Waals surface area contributed by atoms with Crippen molar-refractivity contribution in [1.82, 2.24) is 9.55 Å². The molecule has 0 aliphatic rings. The molecule has 3 heteroatoms. The Labute approximate surface area is 154 Å². The summed E-state index contributed by atoms with van der Waals surface area (Å²) in [6, 6.07) is 19.2. The highest BCUT2D eigenvalue weighted by atomic mass is 16.5. The minimum Gasteiger partial charge on any atom is -0.497 e. The van der Waals surface area contributed by atoms with Crippen molar-refractivity contribution in [1.29, 1.82) is 0 Å². The number of methoxy groups -OCH3 is 1. The van der Waals surface area contributed by atoms with E-state index in [1.54, 1.807) is 7.11 Å². The smallest absolute Gasteiger partial charge is 0.120 e. The summed E-state index contributed by atoms with van der Waals surface area (Å²) in [6.45, 7) is 3.09. The van der Waals surface area contributed by atoms with Crippen LogP contribution in [-0.4, -0.2) is 16.7 Å². The Hall–Kier alpha value is -2.81. The number of aromatic nitrogens is 2. The monoisotopic (exact) mass is 344 g/mol. The maximum Gasteiger partial charge on any atom is 0.120 e. The van der Waals surface area contributed by atoms with E-state index >= 15 is 0 Å². The molecule has 0 atom stereocenters. The third-order valence-electron chi connectivity index (χ3n) is 5.10. The molecule has 0 unspecified atom stereocenters. The third kappa shape index (κ3) is 3.05. The molecule has 0 saturated heterocycles. The summed E-state index contributed by atoms with van der Waals surface area (Å²) < 4.78 is 7.88. The average Bonchev–Trinajstić information content (AvgIpc) is 3.00. The van der Waals surface area contributed by atoms with Crippen LogP contribution in [0.25, 0.3) is 21.8 Å². The van der Waals surface area contributed by atoms with Gasteiger partial charge in [0, 0.05) is 29.6 Å². The summed E-state index contributed by atoms with van der Waals surface area (Å²) in [4.78, 5) is 4.53. The largest absolute Gasteiger partial charge is 0.497 e. The molecule has 2 aromatic heterocycles. The molecule has 0 aliphatic heterocycles. The summed E-state index contributed by atoms with van der Waals surface area (Å²) in [6.07, 6.45) is 5.34. The lowest BCUT2D eigenvalue weighted by Gasteiger charge is -2.09. The number of fused-ring (bicyclic) bond motifs is 3. The molecule has 0 spiro atoms. The van der Waals surface area contributed by atoms with Crippen LogP contribution in [-0.2, 0) is 13.0 Å². The molecule has 2 heterocycles. The molecule has 26 heavy (non-hydrogen) atoms. The zero-order valence-corrected chi connectivity index (χ0v) is 15.4. The van der Waals surface area contributed by atoms with Crippen molar-refractivity contribution >= 4 is 21.8 Å².